The van der Waals surface area contributed by atoms with Crippen LogP contribution in [0, 0.1) is 17.8 Å². The van der Waals surface area contributed by atoms with Crippen LogP contribution in [-0.2, 0) is 10.0 Å². The molecule has 7 heteroatoms. The molecule has 0 radical (unpaired) electrons. The lowest BCUT2D eigenvalue weighted by Gasteiger charge is -2.17. The molecule has 5 nitrogen and oxygen atoms in total. The summed E-state index contributed by atoms with van der Waals surface area (Å²) in [6.07, 6.45) is 0.991. The van der Waals surface area contributed by atoms with E-state index in [0.717, 1.165) is 25.3 Å². The van der Waals surface area contributed by atoms with Gasteiger partial charge in [0.2, 0.25) is 10.0 Å². The van der Waals surface area contributed by atoms with E-state index in [-0.39, 0.29) is 12.4 Å². The lowest BCUT2D eigenvalue weighted by Crippen LogP contribution is -2.31. The number of ether oxygens (including phenoxy) is 1. The lowest BCUT2D eigenvalue weighted by atomic mass is 10.0. The van der Waals surface area contributed by atoms with Crippen molar-refractivity contribution in [2.24, 2.45) is 17.8 Å². The van der Waals surface area contributed by atoms with Crippen molar-refractivity contribution in [1.82, 2.24) is 9.62 Å². The fraction of sp³-hybridized carbons (Fsp3) is 0.647. The summed E-state index contributed by atoms with van der Waals surface area (Å²) in [5.74, 6) is 2.25. The van der Waals surface area contributed by atoms with Gasteiger partial charge in [-0.25, -0.2) is 8.42 Å². The fourth-order valence-electron chi connectivity index (χ4n) is 3.28. The Balaban J connectivity index is 0.00000208. The van der Waals surface area contributed by atoms with Gasteiger partial charge in [-0.2, -0.15) is 4.31 Å². The number of hydrogen-bond donors (Lipinski definition) is 1. The van der Waals surface area contributed by atoms with E-state index in [0.29, 0.717) is 42.3 Å². The highest BCUT2D eigenvalue weighted by molar-refractivity contribution is 7.89. The second-order valence-electron chi connectivity index (χ2n) is 7.00. The minimum atomic E-state index is -3.38. The van der Waals surface area contributed by atoms with Gasteiger partial charge in [-0.05, 0) is 61.5 Å². The van der Waals surface area contributed by atoms with Crippen LogP contribution in [0.4, 0.5) is 0 Å². The van der Waals surface area contributed by atoms with Gasteiger partial charge in [0.15, 0.2) is 0 Å². The highest BCUT2D eigenvalue weighted by atomic mass is 35.5. The Morgan fingerprint density at radius 1 is 1.17 bits per heavy atom. The third kappa shape index (κ3) is 4.23. The number of fused-ring (bicyclic) bond motifs is 1. The molecule has 0 bridgehead atoms. The number of benzene rings is 1. The van der Waals surface area contributed by atoms with E-state index in [1.165, 1.54) is 0 Å². The van der Waals surface area contributed by atoms with Crippen LogP contribution in [-0.4, -0.2) is 45.5 Å². The van der Waals surface area contributed by atoms with Gasteiger partial charge in [0.1, 0.15) is 5.75 Å². The van der Waals surface area contributed by atoms with Crippen molar-refractivity contribution >= 4 is 22.4 Å². The van der Waals surface area contributed by atoms with Gasteiger partial charge >= 0.3 is 0 Å². The van der Waals surface area contributed by atoms with Crippen molar-refractivity contribution in [3.63, 3.8) is 0 Å². The minimum Gasteiger partial charge on any atom is -0.494 e. The van der Waals surface area contributed by atoms with Crippen molar-refractivity contribution in [3.8, 4) is 5.75 Å². The second kappa shape index (κ2) is 8.04. The number of nitrogens with one attached hydrogen (secondary N) is 1. The molecule has 1 aromatic carbocycles. The van der Waals surface area contributed by atoms with Crippen molar-refractivity contribution in [1.29, 1.82) is 0 Å². The number of sulfonamides is 1. The number of rotatable bonds is 6. The number of hydrogen-bond acceptors (Lipinski definition) is 4. The average Bonchev–Trinajstić information content (AvgIpc) is 3.09. The first-order valence-corrected chi connectivity index (χ1v) is 9.84. The van der Waals surface area contributed by atoms with Crippen LogP contribution < -0.4 is 10.1 Å². The molecule has 2 saturated heterocycles. The summed E-state index contributed by atoms with van der Waals surface area (Å²) >= 11 is 0. The molecular formula is C17H27ClN2O3S. The van der Waals surface area contributed by atoms with Gasteiger partial charge in [0.05, 0.1) is 11.5 Å². The van der Waals surface area contributed by atoms with Crippen LogP contribution in [0.2, 0.25) is 0 Å². The third-order valence-corrected chi connectivity index (χ3v) is 6.63. The molecule has 136 valence electrons. The largest absolute Gasteiger partial charge is 0.494 e. The fourth-order valence-corrected chi connectivity index (χ4v) is 4.83. The molecule has 24 heavy (non-hydrogen) atoms. The zero-order valence-electron chi connectivity index (χ0n) is 14.3. The molecule has 2 aliphatic rings. The summed E-state index contributed by atoms with van der Waals surface area (Å²) in [7, 11) is -3.38. The summed E-state index contributed by atoms with van der Waals surface area (Å²) in [4.78, 5) is 0.363. The quantitative estimate of drug-likeness (QED) is 0.830. The standard InChI is InChI=1S/C17H26N2O3S.ClH/c1-13(2)7-8-22-16-3-5-17(6-4-16)23(20,21)19-11-14-9-18-10-15(14)12-19;/h3-6,13-15,18H,7-12H2,1-2H3;1H/t14-,15+;. The first kappa shape index (κ1) is 19.5. The lowest BCUT2D eigenvalue weighted by molar-refractivity contribution is 0.289. The van der Waals surface area contributed by atoms with Crippen LogP contribution in [0.5, 0.6) is 5.75 Å². The molecule has 0 amide bonds. The maximum Gasteiger partial charge on any atom is 0.243 e. The monoisotopic (exact) mass is 374 g/mol. The predicted octanol–water partition coefficient (Wildman–Crippen LogP) is 2.37. The molecular weight excluding hydrogens is 348 g/mol. The maximum absolute atomic E-state index is 12.7. The smallest absolute Gasteiger partial charge is 0.243 e. The van der Waals surface area contributed by atoms with Crippen LogP contribution >= 0.6 is 12.4 Å². The molecule has 1 aromatic rings. The zero-order chi connectivity index (χ0) is 16.4. The summed E-state index contributed by atoms with van der Waals surface area (Å²) < 4.78 is 32.8. The van der Waals surface area contributed by atoms with E-state index in [9.17, 15) is 8.42 Å². The molecule has 2 heterocycles. The zero-order valence-corrected chi connectivity index (χ0v) is 15.9. The third-order valence-electron chi connectivity index (χ3n) is 4.78. The number of halogens is 1. The van der Waals surface area contributed by atoms with Gasteiger partial charge in [-0.3, -0.25) is 0 Å². The van der Waals surface area contributed by atoms with Crippen molar-refractivity contribution in [3.05, 3.63) is 24.3 Å². The number of nitrogens with zero attached hydrogens (tertiary/aromatic N) is 1. The Morgan fingerprint density at radius 2 is 1.75 bits per heavy atom. The Kier molecular flexibility index (Phi) is 6.53. The highest BCUT2D eigenvalue weighted by Crippen LogP contribution is 2.31. The van der Waals surface area contributed by atoms with Gasteiger partial charge in [0, 0.05) is 13.1 Å². The first-order chi connectivity index (χ1) is 11.0. The summed E-state index contributed by atoms with van der Waals surface area (Å²) in [5.41, 5.74) is 0. The summed E-state index contributed by atoms with van der Waals surface area (Å²) in [6, 6.07) is 6.83. The van der Waals surface area contributed by atoms with Crippen molar-refractivity contribution < 1.29 is 13.2 Å². The van der Waals surface area contributed by atoms with Gasteiger partial charge in [-0.15, -0.1) is 12.4 Å². The molecule has 0 unspecified atom stereocenters. The summed E-state index contributed by atoms with van der Waals surface area (Å²) in [6.45, 7) is 8.09. The Hall–Kier alpha value is -0.820. The van der Waals surface area contributed by atoms with E-state index in [2.05, 4.69) is 19.2 Å². The maximum atomic E-state index is 12.7. The van der Waals surface area contributed by atoms with E-state index in [1.807, 2.05) is 0 Å². The van der Waals surface area contributed by atoms with Crippen LogP contribution in [0.25, 0.3) is 0 Å². The van der Waals surface area contributed by atoms with Gasteiger partial charge < -0.3 is 10.1 Å². The molecule has 0 aromatic heterocycles. The topological polar surface area (TPSA) is 58.6 Å². The molecule has 3 rings (SSSR count). The average molecular weight is 375 g/mol. The van der Waals surface area contributed by atoms with Crippen molar-refractivity contribution in [2.45, 2.75) is 25.2 Å². The second-order valence-corrected chi connectivity index (χ2v) is 8.94. The Morgan fingerprint density at radius 3 is 2.29 bits per heavy atom. The van der Waals surface area contributed by atoms with Crippen molar-refractivity contribution in [2.75, 3.05) is 32.8 Å². The Labute approximate surface area is 151 Å². The van der Waals surface area contributed by atoms with Gasteiger partial charge in [-0.1, -0.05) is 13.8 Å². The first-order valence-electron chi connectivity index (χ1n) is 8.40. The Bertz CT molecular complexity index is 622. The predicted molar refractivity (Wildman–Crippen MR) is 97.2 cm³/mol. The molecule has 2 aliphatic heterocycles. The van der Waals surface area contributed by atoms with Crippen LogP contribution in [0.3, 0.4) is 0 Å². The molecule has 2 atom stereocenters. The van der Waals surface area contributed by atoms with E-state index >= 15 is 0 Å². The van der Waals surface area contributed by atoms with E-state index < -0.39 is 10.0 Å². The molecule has 0 spiro atoms. The minimum absolute atomic E-state index is 0. The SMILES string of the molecule is CC(C)CCOc1ccc(S(=O)(=O)N2C[C@H]3CNC[C@H]3C2)cc1.Cl. The highest BCUT2D eigenvalue weighted by Gasteiger charge is 2.41. The van der Waals surface area contributed by atoms with Crippen LogP contribution in [0.1, 0.15) is 20.3 Å². The molecule has 0 aliphatic carbocycles. The molecule has 2 fully saturated rings. The van der Waals surface area contributed by atoms with E-state index in [1.54, 1.807) is 28.6 Å². The molecule has 0 saturated carbocycles. The van der Waals surface area contributed by atoms with Gasteiger partial charge in [0.25, 0.3) is 0 Å². The van der Waals surface area contributed by atoms with Crippen LogP contribution in [0.15, 0.2) is 29.2 Å². The molecule has 1 N–H and O–H groups in total. The summed E-state index contributed by atoms with van der Waals surface area (Å²) in [5, 5.41) is 3.33. The normalized spacial score (nSPS) is 24.0. The van der Waals surface area contributed by atoms with E-state index in [4.69, 9.17) is 4.74 Å².